The Kier molecular flexibility index (Phi) is 4.73. The predicted octanol–water partition coefficient (Wildman–Crippen LogP) is 3.22. The molecule has 0 aliphatic heterocycles. The summed E-state index contributed by atoms with van der Waals surface area (Å²) in [5.74, 6) is 0. The van der Waals surface area contributed by atoms with Gasteiger partial charge < -0.3 is 9.88 Å². The van der Waals surface area contributed by atoms with Gasteiger partial charge in [-0.2, -0.15) is 0 Å². The van der Waals surface area contributed by atoms with Crippen molar-refractivity contribution in [1.29, 1.82) is 0 Å². The first-order chi connectivity index (χ1) is 9.90. The number of hydrogen-bond acceptors (Lipinski definition) is 3. The number of sulfone groups is 1. The molecule has 4 nitrogen and oxygen atoms in total. The molecule has 1 heterocycles. The quantitative estimate of drug-likeness (QED) is 0.891. The van der Waals surface area contributed by atoms with E-state index in [2.05, 4.69) is 35.3 Å². The second-order valence-corrected chi connectivity index (χ2v) is 7.38. The summed E-state index contributed by atoms with van der Waals surface area (Å²) < 4.78 is 25.4. The third-order valence-electron chi connectivity index (χ3n) is 3.41. The lowest BCUT2D eigenvalue weighted by atomic mass is 10.2. The van der Waals surface area contributed by atoms with Gasteiger partial charge in [-0.1, -0.05) is 13.0 Å². The fraction of sp³-hybridized carbons (Fsp3) is 0.375. The zero-order valence-electron chi connectivity index (χ0n) is 12.8. The number of anilines is 1. The van der Waals surface area contributed by atoms with Crippen LogP contribution in [0.25, 0.3) is 0 Å². The molecule has 1 N–H and O–H groups in total. The largest absolute Gasteiger partial charge is 0.381 e. The van der Waals surface area contributed by atoms with Crippen molar-refractivity contribution in [2.24, 2.45) is 0 Å². The van der Waals surface area contributed by atoms with Crippen LogP contribution in [0.15, 0.2) is 41.6 Å². The zero-order chi connectivity index (χ0) is 15.5. The Morgan fingerprint density at radius 3 is 2.67 bits per heavy atom. The van der Waals surface area contributed by atoms with Crippen LogP contribution in [0.3, 0.4) is 0 Å². The predicted molar refractivity (Wildman–Crippen MR) is 86.3 cm³/mol. The number of hydrogen-bond donors (Lipinski definition) is 1. The minimum Gasteiger partial charge on any atom is -0.381 e. The van der Waals surface area contributed by atoms with E-state index in [0.717, 1.165) is 24.2 Å². The third kappa shape index (κ3) is 4.11. The minimum atomic E-state index is -3.17. The molecule has 0 saturated heterocycles. The molecule has 114 valence electrons. The van der Waals surface area contributed by atoms with Gasteiger partial charge in [0.25, 0.3) is 0 Å². The molecule has 0 saturated carbocycles. The topological polar surface area (TPSA) is 51.1 Å². The molecule has 0 aliphatic carbocycles. The van der Waals surface area contributed by atoms with Gasteiger partial charge >= 0.3 is 0 Å². The third-order valence-corrected chi connectivity index (χ3v) is 4.52. The number of aromatic nitrogens is 1. The van der Waals surface area contributed by atoms with Crippen LogP contribution < -0.4 is 5.32 Å². The van der Waals surface area contributed by atoms with Crippen molar-refractivity contribution in [3.63, 3.8) is 0 Å². The van der Waals surface area contributed by atoms with E-state index in [0.29, 0.717) is 11.4 Å². The second kappa shape index (κ2) is 6.35. The molecule has 0 radical (unpaired) electrons. The van der Waals surface area contributed by atoms with Gasteiger partial charge in [0.05, 0.1) is 4.90 Å². The molecule has 0 unspecified atom stereocenters. The van der Waals surface area contributed by atoms with Crippen molar-refractivity contribution in [2.45, 2.75) is 38.3 Å². The normalized spacial score (nSPS) is 11.6. The Balaban J connectivity index is 2.12. The fourth-order valence-corrected chi connectivity index (χ4v) is 2.86. The average molecular weight is 306 g/mol. The van der Waals surface area contributed by atoms with Crippen LogP contribution in [0.2, 0.25) is 0 Å². The lowest BCUT2D eigenvalue weighted by molar-refractivity contribution is 0.602. The monoisotopic (exact) mass is 306 g/mol. The highest BCUT2D eigenvalue weighted by molar-refractivity contribution is 7.90. The summed E-state index contributed by atoms with van der Waals surface area (Å²) in [5, 5.41) is 3.32. The summed E-state index contributed by atoms with van der Waals surface area (Å²) in [6.45, 7) is 5.82. The number of nitrogens with one attached hydrogen (secondary N) is 1. The van der Waals surface area contributed by atoms with E-state index in [1.807, 2.05) is 13.0 Å². The summed E-state index contributed by atoms with van der Waals surface area (Å²) in [6.07, 6.45) is 6.52. The van der Waals surface area contributed by atoms with E-state index in [9.17, 15) is 8.42 Å². The number of rotatable bonds is 6. The van der Waals surface area contributed by atoms with Gasteiger partial charge in [-0.15, -0.1) is 0 Å². The van der Waals surface area contributed by atoms with Crippen LogP contribution in [-0.4, -0.2) is 19.2 Å². The van der Waals surface area contributed by atoms with E-state index in [-0.39, 0.29) is 0 Å². The Hall–Kier alpha value is -1.75. The van der Waals surface area contributed by atoms with Crippen molar-refractivity contribution >= 4 is 15.5 Å². The maximum atomic E-state index is 11.6. The Morgan fingerprint density at radius 2 is 2.00 bits per heavy atom. The molecule has 2 aromatic rings. The molecule has 0 aliphatic rings. The average Bonchev–Trinajstić information content (AvgIpc) is 2.84. The molecule has 0 bridgehead atoms. The van der Waals surface area contributed by atoms with Gasteiger partial charge in [-0.3, -0.25) is 0 Å². The summed E-state index contributed by atoms with van der Waals surface area (Å²) in [4.78, 5) is 0.346. The maximum absolute atomic E-state index is 11.6. The first-order valence-electron chi connectivity index (χ1n) is 7.09. The van der Waals surface area contributed by atoms with E-state index in [4.69, 9.17) is 0 Å². The van der Waals surface area contributed by atoms with Crippen LogP contribution >= 0.6 is 0 Å². The Morgan fingerprint density at radius 1 is 1.24 bits per heavy atom. The van der Waals surface area contributed by atoms with Gasteiger partial charge in [0.15, 0.2) is 9.84 Å². The standard InChI is InChI=1S/C16H22N2O2S/c1-4-8-18-9-7-14(12-18)11-17-16-10-15(21(3,19)20)6-5-13(16)2/h5-7,9-10,12,17H,4,8,11H2,1-3H3. The van der Waals surface area contributed by atoms with E-state index >= 15 is 0 Å². The van der Waals surface area contributed by atoms with E-state index < -0.39 is 9.84 Å². The van der Waals surface area contributed by atoms with Crippen LogP contribution in [0, 0.1) is 6.92 Å². The molecular formula is C16H22N2O2S. The highest BCUT2D eigenvalue weighted by atomic mass is 32.2. The highest BCUT2D eigenvalue weighted by Gasteiger charge is 2.09. The summed E-state index contributed by atoms with van der Waals surface area (Å²) in [6, 6.07) is 7.26. The lowest BCUT2D eigenvalue weighted by Gasteiger charge is -2.10. The van der Waals surface area contributed by atoms with Gasteiger partial charge in [0, 0.05) is 37.4 Å². The van der Waals surface area contributed by atoms with Crippen molar-refractivity contribution in [3.8, 4) is 0 Å². The Bertz CT molecular complexity index is 718. The van der Waals surface area contributed by atoms with E-state index in [1.54, 1.807) is 12.1 Å². The maximum Gasteiger partial charge on any atom is 0.175 e. The van der Waals surface area contributed by atoms with Crippen LogP contribution in [-0.2, 0) is 22.9 Å². The molecule has 0 amide bonds. The number of benzene rings is 1. The molecule has 2 rings (SSSR count). The number of nitrogens with zero attached hydrogens (tertiary/aromatic N) is 1. The fourth-order valence-electron chi connectivity index (χ4n) is 2.21. The molecule has 1 aromatic carbocycles. The van der Waals surface area contributed by atoms with Crippen LogP contribution in [0.4, 0.5) is 5.69 Å². The molecule has 0 fully saturated rings. The Labute approximate surface area is 126 Å². The molecule has 1 aromatic heterocycles. The first-order valence-corrected chi connectivity index (χ1v) is 8.98. The van der Waals surface area contributed by atoms with Crippen molar-refractivity contribution in [1.82, 2.24) is 4.57 Å². The van der Waals surface area contributed by atoms with Crippen molar-refractivity contribution in [2.75, 3.05) is 11.6 Å². The second-order valence-electron chi connectivity index (χ2n) is 5.36. The summed E-state index contributed by atoms with van der Waals surface area (Å²) in [7, 11) is -3.17. The minimum absolute atomic E-state index is 0.346. The van der Waals surface area contributed by atoms with Gasteiger partial charge in [-0.05, 0) is 42.7 Å². The first kappa shape index (κ1) is 15.6. The zero-order valence-corrected chi connectivity index (χ0v) is 13.6. The SMILES string of the molecule is CCCn1ccc(CNc2cc(S(C)(=O)=O)ccc2C)c1. The van der Waals surface area contributed by atoms with E-state index in [1.165, 1.54) is 11.8 Å². The van der Waals surface area contributed by atoms with Gasteiger partial charge in [0.2, 0.25) is 0 Å². The summed E-state index contributed by atoms with van der Waals surface area (Å²) in [5.41, 5.74) is 3.09. The van der Waals surface area contributed by atoms with Crippen molar-refractivity contribution < 1.29 is 8.42 Å². The van der Waals surface area contributed by atoms with Gasteiger partial charge in [-0.25, -0.2) is 8.42 Å². The highest BCUT2D eigenvalue weighted by Crippen LogP contribution is 2.21. The molecule has 5 heteroatoms. The molecular weight excluding hydrogens is 284 g/mol. The van der Waals surface area contributed by atoms with Crippen molar-refractivity contribution in [3.05, 3.63) is 47.8 Å². The smallest absolute Gasteiger partial charge is 0.175 e. The van der Waals surface area contributed by atoms with Crippen LogP contribution in [0.1, 0.15) is 24.5 Å². The molecule has 0 spiro atoms. The molecule has 0 atom stereocenters. The lowest BCUT2D eigenvalue weighted by Crippen LogP contribution is -2.03. The number of aryl methyl sites for hydroxylation is 2. The summed E-state index contributed by atoms with van der Waals surface area (Å²) >= 11 is 0. The van der Waals surface area contributed by atoms with Crippen LogP contribution in [0.5, 0.6) is 0 Å². The van der Waals surface area contributed by atoms with Gasteiger partial charge in [0.1, 0.15) is 0 Å². The molecule has 21 heavy (non-hydrogen) atoms.